The van der Waals surface area contributed by atoms with Gasteiger partial charge in [0.2, 0.25) is 0 Å². The highest BCUT2D eigenvalue weighted by molar-refractivity contribution is 5.94. The number of carbonyl (C=O) groups excluding carboxylic acids is 1. The SMILES string of the molecule is CC1Cc2ocnc2C(=O)N1. The van der Waals surface area contributed by atoms with Crippen LogP contribution in [-0.2, 0) is 6.42 Å². The molecule has 0 aromatic carbocycles. The highest BCUT2D eigenvalue weighted by Crippen LogP contribution is 2.14. The van der Waals surface area contributed by atoms with Crippen LogP contribution in [0.1, 0.15) is 23.2 Å². The van der Waals surface area contributed by atoms with Gasteiger partial charge in [-0.2, -0.15) is 0 Å². The molecule has 2 rings (SSSR count). The second-order valence-electron chi connectivity index (χ2n) is 2.70. The zero-order chi connectivity index (χ0) is 7.84. The Balaban J connectivity index is 2.44. The van der Waals surface area contributed by atoms with Crippen molar-refractivity contribution < 1.29 is 9.21 Å². The smallest absolute Gasteiger partial charge is 0.273 e. The minimum Gasteiger partial charge on any atom is -0.448 e. The summed E-state index contributed by atoms with van der Waals surface area (Å²) in [6.07, 6.45) is 2.04. The number of fused-ring (bicyclic) bond motifs is 1. The molecule has 1 N–H and O–H groups in total. The van der Waals surface area contributed by atoms with Gasteiger partial charge in [-0.25, -0.2) is 4.98 Å². The molecule has 0 radical (unpaired) electrons. The van der Waals surface area contributed by atoms with E-state index in [1.165, 1.54) is 6.39 Å². The lowest BCUT2D eigenvalue weighted by molar-refractivity contribution is 0.0920. The standard InChI is InChI=1S/C7H8N2O2/c1-4-2-5-6(7(10)9-4)8-3-11-5/h3-4H,2H2,1H3,(H,9,10). The average molecular weight is 152 g/mol. The number of oxazole rings is 1. The van der Waals surface area contributed by atoms with Gasteiger partial charge in [-0.15, -0.1) is 0 Å². The van der Waals surface area contributed by atoms with E-state index in [0.717, 1.165) is 6.42 Å². The molecule has 0 aliphatic carbocycles. The van der Waals surface area contributed by atoms with Crippen LogP contribution in [0.15, 0.2) is 10.8 Å². The molecule has 0 saturated carbocycles. The van der Waals surface area contributed by atoms with Crippen molar-refractivity contribution in [3.05, 3.63) is 17.8 Å². The molecular weight excluding hydrogens is 144 g/mol. The topological polar surface area (TPSA) is 55.1 Å². The fraction of sp³-hybridized carbons (Fsp3) is 0.429. The van der Waals surface area contributed by atoms with Crippen LogP contribution in [0.3, 0.4) is 0 Å². The molecule has 0 spiro atoms. The van der Waals surface area contributed by atoms with Gasteiger partial charge in [0.1, 0.15) is 5.76 Å². The average Bonchev–Trinajstić information content (AvgIpc) is 2.34. The van der Waals surface area contributed by atoms with Gasteiger partial charge in [0, 0.05) is 12.5 Å². The van der Waals surface area contributed by atoms with E-state index in [1.54, 1.807) is 0 Å². The monoisotopic (exact) mass is 152 g/mol. The Hall–Kier alpha value is -1.32. The number of amides is 1. The van der Waals surface area contributed by atoms with E-state index >= 15 is 0 Å². The van der Waals surface area contributed by atoms with E-state index in [2.05, 4.69) is 10.3 Å². The quantitative estimate of drug-likeness (QED) is 0.583. The molecule has 0 fully saturated rings. The minimum absolute atomic E-state index is 0.132. The highest BCUT2D eigenvalue weighted by atomic mass is 16.3. The van der Waals surface area contributed by atoms with Crippen LogP contribution in [0.4, 0.5) is 0 Å². The molecule has 4 nitrogen and oxygen atoms in total. The van der Waals surface area contributed by atoms with Crippen molar-refractivity contribution in [1.82, 2.24) is 10.3 Å². The van der Waals surface area contributed by atoms with Gasteiger partial charge in [-0.1, -0.05) is 0 Å². The Labute approximate surface area is 63.6 Å². The fourth-order valence-electron chi connectivity index (χ4n) is 1.22. The highest BCUT2D eigenvalue weighted by Gasteiger charge is 2.24. The predicted molar refractivity (Wildman–Crippen MR) is 37.1 cm³/mol. The number of aromatic nitrogens is 1. The summed E-state index contributed by atoms with van der Waals surface area (Å²) in [6.45, 7) is 1.93. The number of hydrogen-bond acceptors (Lipinski definition) is 3. The number of nitrogens with one attached hydrogen (secondary N) is 1. The summed E-state index contributed by atoms with van der Waals surface area (Å²) in [6, 6.07) is 0.156. The van der Waals surface area contributed by atoms with Crippen LogP contribution < -0.4 is 5.32 Å². The summed E-state index contributed by atoms with van der Waals surface area (Å²) in [5.41, 5.74) is 0.433. The van der Waals surface area contributed by atoms with Crippen LogP contribution in [0.25, 0.3) is 0 Å². The minimum atomic E-state index is -0.132. The first kappa shape index (κ1) is 6.39. The molecule has 11 heavy (non-hydrogen) atoms. The lowest BCUT2D eigenvalue weighted by Crippen LogP contribution is -2.39. The Morgan fingerprint density at radius 2 is 2.64 bits per heavy atom. The van der Waals surface area contributed by atoms with Crippen LogP contribution in [-0.4, -0.2) is 16.9 Å². The molecule has 0 saturated heterocycles. The van der Waals surface area contributed by atoms with Gasteiger partial charge in [0.05, 0.1) is 0 Å². The van der Waals surface area contributed by atoms with Crippen molar-refractivity contribution in [3.8, 4) is 0 Å². The maximum Gasteiger partial charge on any atom is 0.273 e. The van der Waals surface area contributed by atoms with Gasteiger partial charge >= 0.3 is 0 Å². The van der Waals surface area contributed by atoms with E-state index in [9.17, 15) is 4.79 Å². The zero-order valence-electron chi connectivity index (χ0n) is 6.13. The maximum atomic E-state index is 11.1. The van der Waals surface area contributed by atoms with E-state index < -0.39 is 0 Å². The lowest BCUT2D eigenvalue weighted by atomic mass is 10.1. The molecule has 1 aliphatic heterocycles. The molecule has 1 amide bonds. The molecule has 58 valence electrons. The zero-order valence-corrected chi connectivity index (χ0v) is 6.13. The summed E-state index contributed by atoms with van der Waals surface area (Å²) in [5, 5.41) is 2.76. The van der Waals surface area contributed by atoms with Crippen molar-refractivity contribution in [3.63, 3.8) is 0 Å². The summed E-state index contributed by atoms with van der Waals surface area (Å²) >= 11 is 0. The molecule has 1 aliphatic rings. The predicted octanol–water partition coefficient (Wildman–Crippen LogP) is 0.349. The first-order chi connectivity index (χ1) is 5.27. The molecule has 2 heterocycles. The Morgan fingerprint density at radius 1 is 1.82 bits per heavy atom. The van der Waals surface area contributed by atoms with E-state index in [1.807, 2.05) is 6.92 Å². The molecule has 4 heteroatoms. The fourth-order valence-corrected chi connectivity index (χ4v) is 1.22. The molecule has 1 atom stereocenters. The van der Waals surface area contributed by atoms with E-state index in [0.29, 0.717) is 11.5 Å². The first-order valence-corrected chi connectivity index (χ1v) is 3.50. The van der Waals surface area contributed by atoms with Crippen molar-refractivity contribution in [2.75, 3.05) is 0 Å². The summed E-state index contributed by atoms with van der Waals surface area (Å²) in [5.74, 6) is 0.564. The van der Waals surface area contributed by atoms with E-state index in [-0.39, 0.29) is 11.9 Å². The molecule has 1 aromatic rings. The van der Waals surface area contributed by atoms with Crippen LogP contribution >= 0.6 is 0 Å². The van der Waals surface area contributed by atoms with Gasteiger partial charge in [0.15, 0.2) is 12.1 Å². The first-order valence-electron chi connectivity index (χ1n) is 3.50. The lowest BCUT2D eigenvalue weighted by Gasteiger charge is -2.16. The Morgan fingerprint density at radius 3 is 3.45 bits per heavy atom. The Kier molecular flexibility index (Phi) is 1.21. The summed E-state index contributed by atoms with van der Waals surface area (Å²) in [7, 11) is 0. The molecule has 1 aromatic heterocycles. The van der Waals surface area contributed by atoms with Crippen molar-refractivity contribution in [2.45, 2.75) is 19.4 Å². The maximum absolute atomic E-state index is 11.1. The third kappa shape index (κ3) is 0.906. The van der Waals surface area contributed by atoms with Crippen molar-refractivity contribution in [1.29, 1.82) is 0 Å². The van der Waals surface area contributed by atoms with Crippen molar-refractivity contribution in [2.24, 2.45) is 0 Å². The van der Waals surface area contributed by atoms with Crippen LogP contribution in [0, 0.1) is 0 Å². The summed E-state index contributed by atoms with van der Waals surface area (Å²) < 4.78 is 5.02. The molecule has 1 unspecified atom stereocenters. The normalized spacial score (nSPS) is 22.6. The van der Waals surface area contributed by atoms with E-state index in [4.69, 9.17) is 4.42 Å². The van der Waals surface area contributed by atoms with Crippen molar-refractivity contribution >= 4 is 5.91 Å². The molecule has 0 bridgehead atoms. The van der Waals surface area contributed by atoms with Gasteiger partial charge in [-0.3, -0.25) is 4.79 Å². The third-order valence-corrected chi connectivity index (χ3v) is 1.73. The van der Waals surface area contributed by atoms with Crippen LogP contribution in [0.2, 0.25) is 0 Å². The van der Waals surface area contributed by atoms with Gasteiger partial charge in [0.25, 0.3) is 5.91 Å². The third-order valence-electron chi connectivity index (χ3n) is 1.73. The van der Waals surface area contributed by atoms with Crippen LogP contribution in [0.5, 0.6) is 0 Å². The van der Waals surface area contributed by atoms with Gasteiger partial charge in [-0.05, 0) is 6.92 Å². The largest absolute Gasteiger partial charge is 0.448 e. The number of rotatable bonds is 0. The number of nitrogens with zero attached hydrogens (tertiary/aromatic N) is 1. The number of carbonyl (C=O) groups is 1. The Bertz CT molecular complexity index is 292. The van der Waals surface area contributed by atoms with Gasteiger partial charge < -0.3 is 9.73 Å². The molecular formula is C7H8N2O2. The number of hydrogen-bond donors (Lipinski definition) is 1. The summed E-state index contributed by atoms with van der Waals surface area (Å²) in [4.78, 5) is 14.9. The second-order valence-corrected chi connectivity index (χ2v) is 2.70. The second kappa shape index (κ2) is 2.08.